The third-order valence-electron chi connectivity index (χ3n) is 3.59. The van der Waals surface area contributed by atoms with Gasteiger partial charge in [0.05, 0.1) is 0 Å². The molecule has 0 atom stereocenters. The minimum Gasteiger partial charge on any atom is -0.457 e. The van der Waals surface area contributed by atoms with Crippen LogP contribution in [0.4, 0.5) is 0 Å². The van der Waals surface area contributed by atoms with Gasteiger partial charge < -0.3 is 4.74 Å². The summed E-state index contributed by atoms with van der Waals surface area (Å²) >= 11 is 0. The Labute approximate surface area is 102 Å². The topological polar surface area (TPSA) is 9.23 Å². The quantitative estimate of drug-likeness (QED) is 0.643. The van der Waals surface area contributed by atoms with E-state index in [0.29, 0.717) is 0 Å². The molecule has 0 N–H and O–H groups in total. The number of fused-ring (bicyclic) bond motifs is 2. The standard InChI is InChI=1S/C16H16O/c1-11-8-9-15-13(10-11)16(2,3)12-6-4-5-7-14(12)17-15/h4-10H,1-3H3. The van der Waals surface area contributed by atoms with Crippen molar-refractivity contribution in [3.05, 3.63) is 59.2 Å². The summed E-state index contributed by atoms with van der Waals surface area (Å²) in [6.07, 6.45) is 0. The van der Waals surface area contributed by atoms with Crippen LogP contribution in [0.2, 0.25) is 0 Å². The van der Waals surface area contributed by atoms with Crippen LogP contribution in [0.25, 0.3) is 0 Å². The van der Waals surface area contributed by atoms with Gasteiger partial charge in [0.1, 0.15) is 11.5 Å². The van der Waals surface area contributed by atoms with Crippen LogP contribution in [0.1, 0.15) is 30.5 Å². The first-order chi connectivity index (χ1) is 8.09. The SMILES string of the molecule is Cc1ccc2c(c1)C(C)(C)c1ccccc1O2. The summed E-state index contributed by atoms with van der Waals surface area (Å²) in [4.78, 5) is 0. The Balaban J connectivity index is 2.27. The first kappa shape index (κ1) is 10.4. The first-order valence-corrected chi connectivity index (χ1v) is 5.97. The lowest BCUT2D eigenvalue weighted by molar-refractivity contribution is 0.418. The van der Waals surface area contributed by atoms with Crippen molar-refractivity contribution in [2.75, 3.05) is 0 Å². The van der Waals surface area contributed by atoms with Gasteiger partial charge in [0, 0.05) is 16.5 Å². The Bertz CT molecular complexity index is 582. The Morgan fingerprint density at radius 1 is 0.882 bits per heavy atom. The van der Waals surface area contributed by atoms with E-state index in [1.807, 2.05) is 12.1 Å². The highest BCUT2D eigenvalue weighted by molar-refractivity contribution is 5.57. The van der Waals surface area contributed by atoms with Crippen LogP contribution < -0.4 is 4.74 Å². The molecule has 0 saturated heterocycles. The van der Waals surface area contributed by atoms with E-state index in [1.165, 1.54) is 16.7 Å². The van der Waals surface area contributed by atoms with Crippen LogP contribution in [-0.2, 0) is 5.41 Å². The molecule has 0 bridgehead atoms. The normalized spacial score (nSPS) is 15.7. The summed E-state index contributed by atoms with van der Waals surface area (Å²) in [5.74, 6) is 1.97. The Hall–Kier alpha value is -1.76. The van der Waals surface area contributed by atoms with Gasteiger partial charge in [-0.15, -0.1) is 0 Å². The third-order valence-corrected chi connectivity index (χ3v) is 3.59. The van der Waals surface area contributed by atoms with Gasteiger partial charge in [-0.05, 0) is 19.1 Å². The van der Waals surface area contributed by atoms with Gasteiger partial charge in [0.2, 0.25) is 0 Å². The molecule has 0 fully saturated rings. The second-order valence-corrected chi connectivity index (χ2v) is 5.22. The van der Waals surface area contributed by atoms with E-state index in [-0.39, 0.29) is 5.41 Å². The van der Waals surface area contributed by atoms with Gasteiger partial charge in [-0.2, -0.15) is 0 Å². The molecule has 0 aromatic heterocycles. The predicted molar refractivity (Wildman–Crippen MR) is 69.8 cm³/mol. The van der Waals surface area contributed by atoms with Gasteiger partial charge in [-0.25, -0.2) is 0 Å². The van der Waals surface area contributed by atoms with E-state index in [4.69, 9.17) is 4.74 Å². The fourth-order valence-electron chi connectivity index (χ4n) is 2.56. The van der Waals surface area contributed by atoms with Crippen LogP contribution in [0, 0.1) is 6.92 Å². The maximum atomic E-state index is 5.97. The molecule has 0 aliphatic carbocycles. The van der Waals surface area contributed by atoms with Gasteiger partial charge >= 0.3 is 0 Å². The second-order valence-electron chi connectivity index (χ2n) is 5.22. The summed E-state index contributed by atoms with van der Waals surface area (Å²) in [5, 5.41) is 0. The average molecular weight is 224 g/mol. The van der Waals surface area contributed by atoms with Crippen molar-refractivity contribution < 1.29 is 4.74 Å². The highest BCUT2D eigenvalue weighted by atomic mass is 16.5. The summed E-state index contributed by atoms with van der Waals surface area (Å²) in [6, 6.07) is 14.7. The average Bonchev–Trinajstić information content (AvgIpc) is 2.31. The van der Waals surface area contributed by atoms with Crippen molar-refractivity contribution in [1.82, 2.24) is 0 Å². The molecular formula is C16H16O. The lowest BCUT2D eigenvalue weighted by Crippen LogP contribution is -2.24. The van der Waals surface area contributed by atoms with Crippen LogP contribution in [0.15, 0.2) is 42.5 Å². The molecule has 0 saturated carbocycles. The zero-order valence-corrected chi connectivity index (χ0v) is 10.4. The predicted octanol–water partition coefficient (Wildman–Crippen LogP) is 4.43. The Morgan fingerprint density at radius 2 is 1.59 bits per heavy atom. The fraction of sp³-hybridized carbons (Fsp3) is 0.250. The van der Waals surface area contributed by atoms with E-state index in [0.717, 1.165) is 11.5 Å². The zero-order chi connectivity index (χ0) is 12.0. The molecule has 0 amide bonds. The highest BCUT2D eigenvalue weighted by Gasteiger charge is 2.33. The lowest BCUT2D eigenvalue weighted by atomic mass is 9.75. The minimum absolute atomic E-state index is 0.0101. The van der Waals surface area contributed by atoms with Crippen molar-refractivity contribution in [1.29, 1.82) is 0 Å². The summed E-state index contributed by atoms with van der Waals surface area (Å²) in [6.45, 7) is 6.64. The number of ether oxygens (including phenoxy) is 1. The van der Waals surface area contributed by atoms with Gasteiger partial charge in [0.25, 0.3) is 0 Å². The molecule has 86 valence electrons. The summed E-state index contributed by atoms with van der Waals surface area (Å²) < 4.78 is 5.97. The van der Waals surface area contributed by atoms with Crippen molar-refractivity contribution in [2.24, 2.45) is 0 Å². The molecule has 2 aromatic rings. The minimum atomic E-state index is 0.0101. The molecule has 1 nitrogen and oxygen atoms in total. The number of para-hydroxylation sites is 1. The largest absolute Gasteiger partial charge is 0.457 e. The van der Waals surface area contributed by atoms with Crippen molar-refractivity contribution in [3.63, 3.8) is 0 Å². The maximum absolute atomic E-state index is 5.97. The number of hydrogen-bond donors (Lipinski definition) is 0. The van der Waals surface area contributed by atoms with Gasteiger partial charge in [-0.1, -0.05) is 49.7 Å². The Morgan fingerprint density at radius 3 is 2.41 bits per heavy atom. The van der Waals surface area contributed by atoms with E-state index in [1.54, 1.807) is 0 Å². The highest BCUT2D eigenvalue weighted by Crippen LogP contribution is 2.47. The van der Waals surface area contributed by atoms with E-state index in [2.05, 4.69) is 51.1 Å². The van der Waals surface area contributed by atoms with Crippen LogP contribution in [0.3, 0.4) is 0 Å². The molecule has 1 heteroatoms. The third kappa shape index (κ3) is 1.46. The zero-order valence-electron chi connectivity index (χ0n) is 10.4. The molecule has 1 aliphatic heterocycles. The van der Waals surface area contributed by atoms with E-state index < -0.39 is 0 Å². The molecule has 2 aromatic carbocycles. The first-order valence-electron chi connectivity index (χ1n) is 5.97. The maximum Gasteiger partial charge on any atom is 0.131 e. The van der Waals surface area contributed by atoms with Gasteiger partial charge in [0.15, 0.2) is 0 Å². The van der Waals surface area contributed by atoms with Gasteiger partial charge in [-0.3, -0.25) is 0 Å². The van der Waals surface area contributed by atoms with Crippen molar-refractivity contribution >= 4 is 0 Å². The molecule has 17 heavy (non-hydrogen) atoms. The molecule has 3 rings (SSSR count). The van der Waals surface area contributed by atoms with Crippen molar-refractivity contribution in [2.45, 2.75) is 26.2 Å². The van der Waals surface area contributed by atoms with Crippen LogP contribution >= 0.6 is 0 Å². The van der Waals surface area contributed by atoms with Crippen molar-refractivity contribution in [3.8, 4) is 11.5 Å². The molecule has 0 unspecified atom stereocenters. The van der Waals surface area contributed by atoms with Crippen LogP contribution in [-0.4, -0.2) is 0 Å². The van der Waals surface area contributed by atoms with Crippen LogP contribution in [0.5, 0.6) is 11.5 Å². The summed E-state index contributed by atoms with van der Waals surface area (Å²) in [5.41, 5.74) is 3.82. The number of aryl methyl sites for hydroxylation is 1. The monoisotopic (exact) mass is 224 g/mol. The molecule has 1 heterocycles. The smallest absolute Gasteiger partial charge is 0.131 e. The number of rotatable bonds is 0. The molecule has 0 radical (unpaired) electrons. The molecular weight excluding hydrogens is 208 g/mol. The van der Waals surface area contributed by atoms with E-state index in [9.17, 15) is 0 Å². The Kier molecular flexibility index (Phi) is 2.06. The second kappa shape index (κ2) is 3.36. The number of benzene rings is 2. The van der Waals surface area contributed by atoms with E-state index >= 15 is 0 Å². The number of hydrogen-bond acceptors (Lipinski definition) is 1. The molecule has 0 spiro atoms. The lowest BCUT2D eigenvalue weighted by Gasteiger charge is -2.34. The summed E-state index contributed by atoms with van der Waals surface area (Å²) in [7, 11) is 0. The fourth-order valence-corrected chi connectivity index (χ4v) is 2.56. The molecule has 1 aliphatic rings.